The first kappa shape index (κ1) is 12.5. The van der Waals surface area contributed by atoms with E-state index in [0.717, 1.165) is 21.3 Å². The Labute approximate surface area is 144 Å². The standard InChI is InChI=1S/C14H19Cl2N3O.7H2/c1-7-6-10(15)11(12(16)8(7)2)9(3)13(20)19(5)14(17)18-4;;;;;;;/h6,9H,1-5H3,(H2,17,18);7*1H/i;1+1D;;;;;;/hD2. The quantitative estimate of drug-likeness (QED) is 0.587. The lowest BCUT2D eigenvalue weighted by molar-refractivity contribution is -0.127. The van der Waals surface area contributed by atoms with Crippen LogP contribution in [0.15, 0.2) is 6.07 Å². The summed E-state index contributed by atoms with van der Waals surface area (Å²) in [7, 11) is 2.85. The Balaban J connectivity index is -0.000000128. The molecule has 1 aromatic rings. The van der Waals surface area contributed by atoms with Crippen molar-refractivity contribution in [2.75, 3.05) is 14.1 Å². The third kappa shape index (κ3) is 3.07. The lowest BCUT2D eigenvalue weighted by Crippen LogP contribution is -2.42. The Morgan fingerprint density at radius 3 is 2.80 bits per heavy atom. The number of hydrogen-bond donors (Lipinski definition) is 2. The fourth-order valence-corrected chi connectivity index (χ4v) is 2.80. The van der Waals surface area contributed by atoms with Gasteiger partial charge in [0.15, 0.2) is 8.78 Å². The predicted octanol–water partition coefficient (Wildman–Crippen LogP) is 5.05. The van der Waals surface area contributed by atoms with Gasteiger partial charge in [0.1, 0.15) is 0 Å². The van der Waals surface area contributed by atoms with Crippen molar-refractivity contribution < 1.29 is 19.1 Å². The predicted molar refractivity (Wildman–Crippen MR) is 98.7 cm³/mol. The number of guanidine groups is 1. The number of carbonyl (C=O) groups is 1. The van der Waals surface area contributed by atoms with E-state index >= 15 is 0 Å². The van der Waals surface area contributed by atoms with Crippen molar-refractivity contribution in [3.05, 3.63) is 32.8 Å². The highest BCUT2D eigenvalue weighted by Gasteiger charge is 2.26. The Bertz CT molecular complexity index is 638. The molecule has 0 aliphatic carbocycles. The molecule has 1 aromatic carbocycles. The van der Waals surface area contributed by atoms with Crippen molar-refractivity contribution >= 4 is 35.1 Å². The Morgan fingerprint density at radius 1 is 1.70 bits per heavy atom. The van der Waals surface area contributed by atoms with Gasteiger partial charge in [0.25, 0.3) is 0 Å². The monoisotopic (exact) mass is 333 g/mol. The Morgan fingerprint density at radius 2 is 2.30 bits per heavy atom. The minimum absolute atomic E-state index is 0. The zero-order valence-corrected chi connectivity index (χ0v) is 13.7. The van der Waals surface area contributed by atoms with Gasteiger partial charge in [0, 0.05) is 41.2 Å². The smallest absolute Gasteiger partial charge is 0.236 e. The number of carbonyl (C=O) groups excluding carboxylic acids is 1. The summed E-state index contributed by atoms with van der Waals surface area (Å²) >= 11 is 12.6. The second-order valence-electron chi connectivity index (χ2n) is 4.67. The average Bonchev–Trinajstić information content (AvgIpc) is 2.53. The molecule has 0 aliphatic heterocycles. The van der Waals surface area contributed by atoms with Crippen molar-refractivity contribution in [1.29, 1.82) is 5.40 Å². The van der Waals surface area contributed by atoms with Crippen LogP contribution in [-0.4, -0.2) is 30.9 Å². The van der Waals surface area contributed by atoms with Gasteiger partial charge in [0.05, 0.1) is 5.92 Å². The second kappa shape index (κ2) is 6.46. The molecule has 0 spiro atoms. The molecular weight excluding hydrogens is 297 g/mol. The summed E-state index contributed by atoms with van der Waals surface area (Å²) in [5.41, 5.74) is 2.36. The van der Waals surface area contributed by atoms with E-state index in [1.54, 1.807) is 13.0 Å². The van der Waals surface area contributed by atoms with Crippen LogP contribution in [0.4, 0.5) is 0 Å². The first-order valence-electron chi connectivity index (χ1n) is 8.00. The van der Waals surface area contributed by atoms with E-state index in [4.69, 9.17) is 29.0 Å². The summed E-state index contributed by atoms with van der Waals surface area (Å²) < 4.78 is 24.6. The molecule has 1 atom stereocenters. The summed E-state index contributed by atoms with van der Waals surface area (Å²) in [6.45, 7) is 5.45. The minimum Gasteiger partial charge on any atom is -0.359 e. The van der Waals surface area contributed by atoms with Crippen LogP contribution >= 0.6 is 23.2 Å². The number of hydrogen-bond acceptors (Lipinski definition) is 2. The Hall–Kier alpha value is -1.26. The summed E-state index contributed by atoms with van der Waals surface area (Å²) in [4.78, 5) is 13.7. The molecule has 6 heteroatoms. The first-order chi connectivity index (χ1) is 11.1. The number of amides is 1. The zero-order chi connectivity index (χ0) is 19.2. The van der Waals surface area contributed by atoms with Crippen LogP contribution in [0.5, 0.6) is 0 Å². The van der Waals surface area contributed by atoms with Gasteiger partial charge < -0.3 is 5.31 Å². The second-order valence-corrected chi connectivity index (χ2v) is 5.46. The first-order valence-corrected chi connectivity index (χ1v) is 6.86. The fourth-order valence-electron chi connectivity index (χ4n) is 1.92. The van der Waals surface area contributed by atoms with Crippen LogP contribution in [0.1, 0.15) is 41.1 Å². The van der Waals surface area contributed by atoms with Crippen molar-refractivity contribution in [1.82, 2.24) is 10.2 Å². The highest BCUT2D eigenvalue weighted by Crippen LogP contribution is 2.36. The normalized spacial score (nSPS) is 14.8. The van der Waals surface area contributed by atoms with Crippen molar-refractivity contribution in [3.8, 4) is 0 Å². The number of benzene rings is 1. The number of halogens is 2. The van der Waals surface area contributed by atoms with Gasteiger partial charge in [-0.05, 0) is 38.0 Å². The lowest BCUT2D eigenvalue weighted by Gasteiger charge is -2.23. The van der Waals surface area contributed by atoms with Crippen molar-refractivity contribution in [2.24, 2.45) is 0 Å². The van der Waals surface area contributed by atoms with E-state index in [9.17, 15) is 4.79 Å². The fraction of sp³-hybridized carbons (Fsp3) is 0.429. The maximum absolute atomic E-state index is 12.6. The van der Waals surface area contributed by atoms with Gasteiger partial charge in [-0.25, -0.2) is 0 Å². The highest BCUT2D eigenvalue weighted by molar-refractivity contribution is 6.37. The summed E-state index contributed by atoms with van der Waals surface area (Å²) in [6, 6.07) is 1.78. The number of aryl methyl sites for hydroxylation is 1. The minimum atomic E-state index is -0.624. The lowest BCUT2D eigenvalue weighted by atomic mass is 9.95. The van der Waals surface area contributed by atoms with Gasteiger partial charge in [-0.1, -0.05) is 23.2 Å². The zero-order valence-electron chi connectivity index (χ0n) is 16.2. The molecule has 0 aromatic heterocycles. The van der Waals surface area contributed by atoms with E-state index in [1.807, 2.05) is 13.8 Å². The molecule has 1 amide bonds. The van der Waals surface area contributed by atoms with Gasteiger partial charge >= 0.3 is 0 Å². The molecular formula is C14H33Cl2N3O. The van der Waals surface area contributed by atoms with Crippen LogP contribution in [-0.2, 0) is 4.79 Å². The molecule has 2 N–H and O–H groups in total. The van der Waals surface area contributed by atoms with Gasteiger partial charge in [-0.2, -0.15) is 0 Å². The van der Waals surface area contributed by atoms with E-state index in [2.05, 4.69) is 5.40 Å². The van der Waals surface area contributed by atoms with Gasteiger partial charge in [-0.15, -0.1) is 0 Å². The van der Waals surface area contributed by atoms with Crippen LogP contribution in [0.3, 0.4) is 0 Å². The number of nitrogens with zero attached hydrogens (tertiary/aromatic N) is 1. The summed E-state index contributed by atoms with van der Waals surface area (Å²) in [5, 5.41) is 4.94. The number of likely N-dealkylation sites (N-methyl/N-ethyl adjacent to an activating group) is 1. The maximum Gasteiger partial charge on any atom is 0.236 e. The molecule has 0 bridgehead atoms. The topological polar surface area (TPSA) is 56.2 Å². The molecule has 0 aliphatic rings. The molecule has 0 radical (unpaired) electrons. The van der Waals surface area contributed by atoms with E-state index < -0.39 is 5.92 Å². The SMILES string of the molecule is [2H]N=C(N([2H])C)N(C)C(=O)C(C)c1c(Cl)cc(C)c(C)c1Cl.[2H][2H].[HH].[HH].[HH].[HH].[HH].[HH]. The molecule has 0 heterocycles. The summed E-state index contributed by atoms with van der Waals surface area (Å²) in [5.74, 6) is -1.06. The molecule has 4 nitrogen and oxygen atoms in total. The highest BCUT2D eigenvalue weighted by atomic mass is 35.5. The summed E-state index contributed by atoms with van der Waals surface area (Å²) in [6.07, 6.45) is 0. The molecule has 124 valence electrons. The third-order valence-corrected chi connectivity index (χ3v) is 4.19. The van der Waals surface area contributed by atoms with Gasteiger partial charge in [-0.3, -0.25) is 15.1 Å². The van der Waals surface area contributed by atoms with E-state index in [-0.39, 0.29) is 20.4 Å². The Kier molecular flexibility index (Phi) is 4.03. The maximum atomic E-state index is 12.6. The molecule has 0 fully saturated rings. The molecule has 0 saturated carbocycles. The van der Waals surface area contributed by atoms with Crippen molar-refractivity contribution in [3.63, 3.8) is 0 Å². The van der Waals surface area contributed by atoms with Crippen LogP contribution in [0.25, 0.3) is 0 Å². The molecule has 20 heavy (non-hydrogen) atoms. The third-order valence-electron chi connectivity index (χ3n) is 3.39. The van der Waals surface area contributed by atoms with E-state index in [0.29, 0.717) is 15.6 Å². The van der Waals surface area contributed by atoms with Crippen LogP contribution in [0, 0.1) is 19.2 Å². The number of rotatable bonds is 2. The average molecular weight is 334 g/mol. The van der Waals surface area contributed by atoms with Crippen LogP contribution in [0.2, 0.25) is 12.9 Å². The number of nitrogens with one attached hydrogen (secondary N) is 2. The molecule has 1 unspecified atom stereocenters. The molecule has 0 saturated heterocycles. The van der Waals surface area contributed by atoms with Crippen LogP contribution < -0.4 is 5.31 Å². The largest absolute Gasteiger partial charge is 0.359 e. The van der Waals surface area contributed by atoms with Crippen molar-refractivity contribution in [2.45, 2.75) is 26.7 Å². The molecule has 1 rings (SSSR count). The van der Waals surface area contributed by atoms with E-state index in [1.165, 1.54) is 14.1 Å². The van der Waals surface area contributed by atoms with Gasteiger partial charge in [0.2, 0.25) is 5.91 Å².